The molecule has 1 atom stereocenters. The van der Waals surface area contributed by atoms with E-state index < -0.39 is 17.4 Å². The minimum Gasteiger partial charge on any atom is -0.494 e. The number of carbonyl (C=O) groups is 2. The first kappa shape index (κ1) is 17.8. The average Bonchev–Trinajstić information content (AvgIpc) is 2.47. The second-order valence-electron chi connectivity index (χ2n) is 5.13. The number of carbonyl (C=O) groups excluding carboxylic acids is 1. The van der Waals surface area contributed by atoms with Crippen LogP contribution in [0, 0.1) is 0 Å². The van der Waals surface area contributed by atoms with Gasteiger partial charge >= 0.3 is 5.97 Å². The fraction of sp³-hybridized carbons (Fsp3) is 0.500. The van der Waals surface area contributed by atoms with Gasteiger partial charge in [0.1, 0.15) is 17.0 Å². The summed E-state index contributed by atoms with van der Waals surface area (Å²) in [6.07, 6.45) is 1.01. The summed E-state index contributed by atoms with van der Waals surface area (Å²) in [7, 11) is 0. The number of nitrogens with one attached hydrogen (secondary N) is 1. The van der Waals surface area contributed by atoms with Crippen molar-refractivity contribution in [2.45, 2.75) is 39.2 Å². The fourth-order valence-electron chi connectivity index (χ4n) is 2.01. The van der Waals surface area contributed by atoms with Crippen LogP contribution in [0.25, 0.3) is 0 Å². The number of ether oxygens (including phenoxy) is 2. The van der Waals surface area contributed by atoms with Crippen LogP contribution in [0.5, 0.6) is 11.5 Å². The highest BCUT2D eigenvalue weighted by molar-refractivity contribution is 5.87. The summed E-state index contributed by atoms with van der Waals surface area (Å²) < 4.78 is 10.6. The van der Waals surface area contributed by atoms with E-state index in [-0.39, 0.29) is 6.61 Å². The molecule has 0 heterocycles. The van der Waals surface area contributed by atoms with Crippen molar-refractivity contribution in [3.05, 3.63) is 24.3 Å². The molecule has 1 rings (SSSR count). The summed E-state index contributed by atoms with van der Waals surface area (Å²) in [4.78, 5) is 23.1. The van der Waals surface area contributed by atoms with E-state index in [1.807, 2.05) is 13.8 Å². The van der Waals surface area contributed by atoms with Crippen molar-refractivity contribution in [3.63, 3.8) is 0 Å². The lowest BCUT2D eigenvalue weighted by molar-refractivity contribution is -0.147. The molecule has 0 fully saturated rings. The molecule has 0 aliphatic heterocycles. The third-order valence-corrected chi connectivity index (χ3v) is 3.14. The van der Waals surface area contributed by atoms with Gasteiger partial charge < -0.3 is 19.9 Å². The van der Waals surface area contributed by atoms with Gasteiger partial charge in [-0.25, -0.2) is 4.79 Å². The van der Waals surface area contributed by atoms with Crippen LogP contribution in [0.1, 0.15) is 33.6 Å². The summed E-state index contributed by atoms with van der Waals surface area (Å²) in [5, 5.41) is 11.7. The molecule has 0 aliphatic carbocycles. The molecular formula is C16H23NO5. The molecule has 1 aromatic carbocycles. The SMILES string of the molecule is CCCC(C)(NC(=O)COc1ccc(OCC)cc1)C(=O)O. The molecule has 122 valence electrons. The highest BCUT2D eigenvalue weighted by atomic mass is 16.5. The lowest BCUT2D eigenvalue weighted by atomic mass is 9.96. The van der Waals surface area contributed by atoms with Gasteiger partial charge in [0.05, 0.1) is 6.61 Å². The topological polar surface area (TPSA) is 84.9 Å². The van der Waals surface area contributed by atoms with Crippen molar-refractivity contribution < 1.29 is 24.2 Å². The van der Waals surface area contributed by atoms with Gasteiger partial charge in [-0.1, -0.05) is 13.3 Å². The van der Waals surface area contributed by atoms with Gasteiger partial charge in [-0.3, -0.25) is 4.79 Å². The van der Waals surface area contributed by atoms with Gasteiger partial charge in [0.2, 0.25) is 0 Å². The van der Waals surface area contributed by atoms with Crippen LogP contribution >= 0.6 is 0 Å². The molecule has 0 radical (unpaired) electrons. The Morgan fingerprint density at radius 2 is 1.68 bits per heavy atom. The molecule has 22 heavy (non-hydrogen) atoms. The average molecular weight is 309 g/mol. The lowest BCUT2D eigenvalue weighted by Gasteiger charge is -2.25. The van der Waals surface area contributed by atoms with E-state index >= 15 is 0 Å². The van der Waals surface area contributed by atoms with Gasteiger partial charge in [-0.2, -0.15) is 0 Å². The van der Waals surface area contributed by atoms with Crippen LogP contribution < -0.4 is 14.8 Å². The molecule has 0 spiro atoms. The molecule has 0 bridgehead atoms. The largest absolute Gasteiger partial charge is 0.494 e. The van der Waals surface area contributed by atoms with Crippen molar-refractivity contribution in [2.75, 3.05) is 13.2 Å². The maximum absolute atomic E-state index is 11.9. The van der Waals surface area contributed by atoms with E-state index in [2.05, 4.69) is 5.32 Å². The third-order valence-electron chi connectivity index (χ3n) is 3.14. The molecule has 0 aliphatic rings. The fourth-order valence-corrected chi connectivity index (χ4v) is 2.01. The Labute approximate surface area is 130 Å². The maximum Gasteiger partial charge on any atom is 0.329 e. The number of aliphatic carboxylic acids is 1. The Balaban J connectivity index is 2.53. The van der Waals surface area contributed by atoms with E-state index in [1.54, 1.807) is 24.3 Å². The molecule has 1 unspecified atom stereocenters. The minimum absolute atomic E-state index is 0.236. The second kappa shape index (κ2) is 8.26. The first-order valence-corrected chi connectivity index (χ1v) is 7.31. The molecule has 6 heteroatoms. The zero-order chi connectivity index (χ0) is 16.6. The summed E-state index contributed by atoms with van der Waals surface area (Å²) in [6.45, 7) is 5.59. The molecule has 0 saturated heterocycles. The van der Waals surface area contributed by atoms with Gasteiger partial charge in [-0.15, -0.1) is 0 Å². The Bertz CT molecular complexity index is 500. The standard InChI is InChI=1S/C16H23NO5/c1-4-10-16(3,15(19)20)17-14(18)11-22-13-8-6-12(7-9-13)21-5-2/h6-9H,4-5,10-11H2,1-3H3,(H,17,18)(H,19,20). The van der Waals surface area contributed by atoms with Crippen LogP contribution in [0.3, 0.4) is 0 Å². The quantitative estimate of drug-likeness (QED) is 0.730. The van der Waals surface area contributed by atoms with Crippen LogP contribution in [0.2, 0.25) is 0 Å². The molecule has 0 aromatic heterocycles. The third kappa shape index (κ3) is 5.27. The first-order valence-electron chi connectivity index (χ1n) is 7.31. The van der Waals surface area contributed by atoms with Crippen LogP contribution in [0.15, 0.2) is 24.3 Å². The molecule has 2 N–H and O–H groups in total. The van der Waals surface area contributed by atoms with Gasteiger partial charge in [-0.05, 0) is 44.5 Å². The van der Waals surface area contributed by atoms with Crippen molar-refractivity contribution in [3.8, 4) is 11.5 Å². The normalized spacial score (nSPS) is 13.0. The van der Waals surface area contributed by atoms with Gasteiger partial charge in [0, 0.05) is 0 Å². The Morgan fingerprint density at radius 1 is 1.14 bits per heavy atom. The van der Waals surface area contributed by atoms with E-state index in [4.69, 9.17) is 9.47 Å². The summed E-state index contributed by atoms with van der Waals surface area (Å²) in [5.74, 6) is -0.275. The zero-order valence-electron chi connectivity index (χ0n) is 13.2. The van der Waals surface area contributed by atoms with Crippen molar-refractivity contribution in [1.82, 2.24) is 5.32 Å². The zero-order valence-corrected chi connectivity index (χ0v) is 13.2. The molecular weight excluding hydrogens is 286 g/mol. The Hall–Kier alpha value is -2.24. The Morgan fingerprint density at radius 3 is 2.14 bits per heavy atom. The number of carboxylic acids is 1. The number of amides is 1. The van der Waals surface area contributed by atoms with Gasteiger partial charge in [0.25, 0.3) is 5.91 Å². The maximum atomic E-state index is 11.9. The van der Waals surface area contributed by atoms with Gasteiger partial charge in [0.15, 0.2) is 6.61 Å². The number of rotatable bonds is 9. The van der Waals surface area contributed by atoms with E-state index in [9.17, 15) is 14.7 Å². The minimum atomic E-state index is -1.27. The Kier molecular flexibility index (Phi) is 6.69. The highest BCUT2D eigenvalue weighted by Gasteiger charge is 2.33. The summed E-state index contributed by atoms with van der Waals surface area (Å²) >= 11 is 0. The predicted octanol–water partition coefficient (Wildman–Crippen LogP) is 2.22. The summed E-state index contributed by atoms with van der Waals surface area (Å²) in [6, 6.07) is 6.88. The van der Waals surface area contributed by atoms with Crippen molar-refractivity contribution in [2.24, 2.45) is 0 Å². The molecule has 1 amide bonds. The predicted molar refractivity (Wildman–Crippen MR) is 82.2 cm³/mol. The first-order chi connectivity index (χ1) is 10.4. The van der Waals surface area contributed by atoms with E-state index in [1.165, 1.54) is 6.92 Å². The monoisotopic (exact) mass is 309 g/mol. The second-order valence-corrected chi connectivity index (χ2v) is 5.13. The highest BCUT2D eigenvalue weighted by Crippen LogP contribution is 2.17. The van der Waals surface area contributed by atoms with Crippen molar-refractivity contribution in [1.29, 1.82) is 0 Å². The number of carboxylic acid groups (broad SMARTS) is 1. The van der Waals surface area contributed by atoms with Crippen molar-refractivity contribution >= 4 is 11.9 Å². The van der Waals surface area contributed by atoms with E-state index in [0.29, 0.717) is 25.2 Å². The molecule has 6 nitrogen and oxygen atoms in total. The lowest BCUT2D eigenvalue weighted by Crippen LogP contribution is -2.53. The number of benzene rings is 1. The van der Waals surface area contributed by atoms with E-state index in [0.717, 1.165) is 5.75 Å². The summed E-state index contributed by atoms with van der Waals surface area (Å²) in [5.41, 5.74) is -1.27. The smallest absolute Gasteiger partial charge is 0.329 e. The van der Waals surface area contributed by atoms with Crippen LogP contribution in [-0.4, -0.2) is 35.7 Å². The number of hydrogen-bond donors (Lipinski definition) is 2. The number of hydrogen-bond acceptors (Lipinski definition) is 4. The van der Waals surface area contributed by atoms with Crippen LogP contribution in [0.4, 0.5) is 0 Å². The molecule has 0 saturated carbocycles. The van der Waals surface area contributed by atoms with Crippen LogP contribution in [-0.2, 0) is 9.59 Å². The molecule has 1 aromatic rings.